The Hall–Kier alpha value is -0.530. The highest BCUT2D eigenvalue weighted by Crippen LogP contribution is 2.39. The first kappa shape index (κ1) is 18.5. The molecule has 0 aromatic carbocycles. The van der Waals surface area contributed by atoms with Gasteiger partial charge in [-0.2, -0.15) is 0 Å². The number of primary amides is 1. The highest BCUT2D eigenvalue weighted by atomic mass is 16.1. The van der Waals surface area contributed by atoms with Crippen LogP contribution < -0.4 is 5.73 Å². The zero-order chi connectivity index (χ0) is 15.3. The third-order valence-electron chi connectivity index (χ3n) is 4.68. The van der Waals surface area contributed by atoms with Crippen molar-refractivity contribution in [3.63, 3.8) is 0 Å². The van der Waals surface area contributed by atoms with Gasteiger partial charge >= 0.3 is 0 Å². The summed E-state index contributed by atoms with van der Waals surface area (Å²) >= 11 is 0. The van der Waals surface area contributed by atoms with Crippen molar-refractivity contribution in [1.29, 1.82) is 0 Å². The Morgan fingerprint density at radius 3 is 2.05 bits per heavy atom. The van der Waals surface area contributed by atoms with Crippen LogP contribution in [0.25, 0.3) is 0 Å². The number of nitrogens with two attached hydrogens (primary N) is 1. The van der Waals surface area contributed by atoms with Crippen LogP contribution in [0.15, 0.2) is 0 Å². The molecule has 2 atom stereocenters. The number of hydrogen-bond donors (Lipinski definition) is 1. The average molecular weight is 269 g/mol. The predicted octanol–water partition coefficient (Wildman–Crippen LogP) is 4.77. The van der Waals surface area contributed by atoms with Crippen LogP contribution in [-0.4, -0.2) is 5.91 Å². The highest BCUT2D eigenvalue weighted by Gasteiger charge is 2.34. The van der Waals surface area contributed by atoms with Crippen molar-refractivity contribution in [2.24, 2.45) is 28.4 Å². The molecule has 114 valence electrons. The average Bonchev–Trinajstić information content (AvgIpc) is 2.24. The molecule has 1 amide bonds. The van der Waals surface area contributed by atoms with Crippen molar-refractivity contribution in [2.45, 2.75) is 80.6 Å². The van der Waals surface area contributed by atoms with Gasteiger partial charge < -0.3 is 5.73 Å². The number of carbonyl (C=O) groups excluding carboxylic acids is 1. The fourth-order valence-electron chi connectivity index (χ4n) is 3.21. The van der Waals surface area contributed by atoms with E-state index in [1.807, 2.05) is 0 Å². The van der Waals surface area contributed by atoms with E-state index in [2.05, 4.69) is 48.5 Å². The summed E-state index contributed by atoms with van der Waals surface area (Å²) in [5.74, 6) is 0.415. The minimum Gasteiger partial charge on any atom is -0.369 e. The van der Waals surface area contributed by atoms with Crippen LogP contribution >= 0.6 is 0 Å². The lowest BCUT2D eigenvalue weighted by Gasteiger charge is -2.35. The van der Waals surface area contributed by atoms with E-state index in [9.17, 15) is 4.79 Å². The van der Waals surface area contributed by atoms with E-state index >= 15 is 0 Å². The summed E-state index contributed by atoms with van der Waals surface area (Å²) in [5.41, 5.74) is 6.04. The lowest BCUT2D eigenvalue weighted by Crippen LogP contribution is -2.37. The maximum atomic E-state index is 11.8. The first-order valence-electron chi connectivity index (χ1n) is 7.85. The Bertz CT molecular complexity index is 281. The lowest BCUT2D eigenvalue weighted by atomic mass is 9.69. The Kier molecular flexibility index (Phi) is 7.10. The Labute approximate surface area is 120 Å². The first-order valence-corrected chi connectivity index (χ1v) is 7.85. The van der Waals surface area contributed by atoms with Crippen molar-refractivity contribution in [3.8, 4) is 0 Å². The molecule has 19 heavy (non-hydrogen) atoms. The number of hydrogen-bond acceptors (Lipinski definition) is 1. The molecule has 2 nitrogen and oxygen atoms in total. The summed E-state index contributed by atoms with van der Waals surface area (Å²) in [5, 5.41) is 0. The molecule has 0 aliphatic rings. The van der Waals surface area contributed by atoms with Crippen LogP contribution in [-0.2, 0) is 4.79 Å². The second kappa shape index (κ2) is 7.31. The number of carbonyl (C=O) groups is 1. The van der Waals surface area contributed by atoms with Crippen molar-refractivity contribution in [3.05, 3.63) is 0 Å². The van der Waals surface area contributed by atoms with Gasteiger partial charge in [0.1, 0.15) is 0 Å². The summed E-state index contributed by atoms with van der Waals surface area (Å²) in [6.07, 6.45) is 5.42. The van der Waals surface area contributed by atoms with Gasteiger partial charge in [-0.15, -0.1) is 0 Å². The zero-order valence-corrected chi connectivity index (χ0v) is 14.2. The summed E-state index contributed by atoms with van der Waals surface area (Å²) in [6, 6.07) is 0. The summed E-state index contributed by atoms with van der Waals surface area (Å²) in [4.78, 5) is 11.8. The molecule has 0 radical (unpaired) electrons. The number of rotatable bonds is 9. The van der Waals surface area contributed by atoms with Crippen LogP contribution in [0, 0.1) is 22.7 Å². The van der Waals surface area contributed by atoms with Crippen LogP contribution in [0.4, 0.5) is 0 Å². The smallest absolute Gasteiger partial charge is 0.221 e. The van der Waals surface area contributed by atoms with Gasteiger partial charge in [-0.1, -0.05) is 61.3 Å². The van der Waals surface area contributed by atoms with Crippen LogP contribution in [0.3, 0.4) is 0 Å². The molecule has 0 saturated carbocycles. The normalized spacial score (nSPS) is 16.2. The Morgan fingerprint density at radius 2 is 1.68 bits per heavy atom. The second-order valence-corrected chi connectivity index (χ2v) is 7.76. The quantitative estimate of drug-likeness (QED) is 0.644. The first-order chi connectivity index (χ1) is 8.55. The largest absolute Gasteiger partial charge is 0.369 e. The van der Waals surface area contributed by atoms with E-state index in [0.717, 1.165) is 25.7 Å². The van der Waals surface area contributed by atoms with Gasteiger partial charge in [-0.3, -0.25) is 4.79 Å². The lowest BCUT2D eigenvalue weighted by molar-refractivity contribution is -0.126. The maximum Gasteiger partial charge on any atom is 0.221 e. The molecular formula is C17H35NO. The standard InChI is InChI=1S/C17H35NO/c1-8-10-17(6,7)14(15(18)19)11-13(3)12-16(4,5)9-2/h13-14H,8-12H2,1-7H3,(H2,18,19). The third-order valence-corrected chi connectivity index (χ3v) is 4.68. The molecule has 0 rings (SSSR count). The highest BCUT2D eigenvalue weighted by molar-refractivity contribution is 5.77. The molecule has 0 aliphatic heterocycles. The molecular weight excluding hydrogens is 234 g/mol. The monoisotopic (exact) mass is 269 g/mol. The fourth-order valence-corrected chi connectivity index (χ4v) is 3.21. The molecule has 0 aromatic rings. The molecule has 0 saturated heterocycles. The van der Waals surface area contributed by atoms with E-state index in [-0.39, 0.29) is 17.2 Å². The van der Waals surface area contributed by atoms with E-state index in [1.165, 1.54) is 6.42 Å². The van der Waals surface area contributed by atoms with Gasteiger partial charge in [0.25, 0.3) is 0 Å². The van der Waals surface area contributed by atoms with E-state index < -0.39 is 0 Å². The van der Waals surface area contributed by atoms with Gasteiger partial charge in [0.05, 0.1) is 0 Å². The third kappa shape index (κ3) is 6.44. The topological polar surface area (TPSA) is 43.1 Å². The van der Waals surface area contributed by atoms with E-state index in [1.54, 1.807) is 0 Å². The summed E-state index contributed by atoms with van der Waals surface area (Å²) < 4.78 is 0. The van der Waals surface area contributed by atoms with Gasteiger partial charge in [0, 0.05) is 5.92 Å². The SMILES string of the molecule is CCCC(C)(C)C(CC(C)CC(C)(C)CC)C(N)=O. The van der Waals surface area contributed by atoms with Gasteiger partial charge in [0.2, 0.25) is 5.91 Å². The van der Waals surface area contributed by atoms with E-state index in [0.29, 0.717) is 11.3 Å². The molecule has 0 spiro atoms. The van der Waals surface area contributed by atoms with Gasteiger partial charge in [-0.25, -0.2) is 0 Å². The molecule has 2 unspecified atom stereocenters. The zero-order valence-electron chi connectivity index (χ0n) is 14.2. The molecule has 2 N–H and O–H groups in total. The molecule has 0 aliphatic carbocycles. The van der Waals surface area contributed by atoms with Crippen LogP contribution in [0.1, 0.15) is 80.6 Å². The molecule has 2 heteroatoms. The van der Waals surface area contributed by atoms with Crippen LogP contribution in [0.5, 0.6) is 0 Å². The van der Waals surface area contributed by atoms with Gasteiger partial charge in [0.15, 0.2) is 0 Å². The van der Waals surface area contributed by atoms with Crippen molar-refractivity contribution < 1.29 is 4.79 Å². The summed E-state index contributed by atoms with van der Waals surface area (Å²) in [6.45, 7) is 15.6. The number of amides is 1. The second-order valence-electron chi connectivity index (χ2n) is 7.76. The van der Waals surface area contributed by atoms with Gasteiger partial charge in [-0.05, 0) is 36.0 Å². The van der Waals surface area contributed by atoms with Crippen molar-refractivity contribution in [1.82, 2.24) is 0 Å². The summed E-state index contributed by atoms with van der Waals surface area (Å²) in [7, 11) is 0. The molecule has 0 aromatic heterocycles. The predicted molar refractivity (Wildman–Crippen MR) is 83.8 cm³/mol. The molecule has 0 bridgehead atoms. The van der Waals surface area contributed by atoms with Crippen LogP contribution in [0.2, 0.25) is 0 Å². The van der Waals surface area contributed by atoms with E-state index in [4.69, 9.17) is 5.73 Å². The molecule has 0 heterocycles. The minimum atomic E-state index is -0.125. The minimum absolute atomic E-state index is 0.00453. The Balaban J connectivity index is 4.73. The fraction of sp³-hybridized carbons (Fsp3) is 0.941. The maximum absolute atomic E-state index is 11.8. The van der Waals surface area contributed by atoms with Crippen molar-refractivity contribution in [2.75, 3.05) is 0 Å². The Morgan fingerprint density at radius 1 is 1.16 bits per heavy atom. The van der Waals surface area contributed by atoms with Crippen molar-refractivity contribution >= 4 is 5.91 Å². The molecule has 0 fully saturated rings.